The summed E-state index contributed by atoms with van der Waals surface area (Å²) in [5, 5.41) is 0. The van der Waals surface area contributed by atoms with Crippen molar-refractivity contribution in [2.75, 3.05) is 0 Å². The van der Waals surface area contributed by atoms with Crippen LogP contribution in [-0.2, 0) is 4.79 Å². The molecule has 1 saturated carbocycles. The zero-order valence-electron chi connectivity index (χ0n) is 7.84. The molecule has 0 aromatic carbocycles. The molecule has 0 aromatic rings. The Labute approximate surface area is 73.5 Å². The second-order valence-electron chi connectivity index (χ2n) is 4.15. The highest BCUT2D eigenvalue weighted by Crippen LogP contribution is 2.38. The smallest absolute Gasteiger partial charge is 0.237 e. The molecule has 0 aromatic heterocycles. The van der Waals surface area contributed by atoms with Gasteiger partial charge < -0.3 is 11.5 Å². The second kappa shape index (κ2) is 3.05. The fourth-order valence-corrected chi connectivity index (χ4v) is 2.29. The monoisotopic (exact) mass is 170 g/mol. The van der Waals surface area contributed by atoms with Gasteiger partial charge in [-0.1, -0.05) is 20.3 Å². The van der Waals surface area contributed by atoms with E-state index in [2.05, 4.69) is 13.8 Å². The van der Waals surface area contributed by atoms with E-state index in [1.165, 1.54) is 0 Å². The molecule has 0 saturated heterocycles. The standard InChI is InChI=1S/C9H18N2O/c1-6(2)7-4-3-5-9(7,11)8(10)12/h6-7H,3-5,11H2,1-2H3,(H2,10,12)/t7-,9+/m0/s1. The second-order valence-corrected chi connectivity index (χ2v) is 4.15. The van der Waals surface area contributed by atoms with Gasteiger partial charge in [0, 0.05) is 0 Å². The maximum atomic E-state index is 11.1. The van der Waals surface area contributed by atoms with Crippen LogP contribution in [0.25, 0.3) is 0 Å². The van der Waals surface area contributed by atoms with E-state index in [1.54, 1.807) is 0 Å². The van der Waals surface area contributed by atoms with Crippen LogP contribution in [0.15, 0.2) is 0 Å². The molecule has 0 aliphatic heterocycles. The van der Waals surface area contributed by atoms with E-state index in [0.29, 0.717) is 5.92 Å². The lowest BCUT2D eigenvalue weighted by Crippen LogP contribution is -2.55. The van der Waals surface area contributed by atoms with Gasteiger partial charge in [-0.2, -0.15) is 0 Å². The van der Waals surface area contributed by atoms with Gasteiger partial charge in [-0.05, 0) is 24.7 Å². The molecule has 0 bridgehead atoms. The third-order valence-electron chi connectivity index (χ3n) is 3.03. The fraction of sp³-hybridized carbons (Fsp3) is 0.889. The molecule has 12 heavy (non-hydrogen) atoms. The minimum atomic E-state index is -0.728. The zero-order valence-corrected chi connectivity index (χ0v) is 7.84. The molecule has 0 heterocycles. The summed E-state index contributed by atoms with van der Waals surface area (Å²) in [6, 6.07) is 0. The average Bonchev–Trinajstić information content (AvgIpc) is 2.32. The van der Waals surface area contributed by atoms with Gasteiger partial charge in [0.15, 0.2) is 0 Å². The van der Waals surface area contributed by atoms with E-state index in [0.717, 1.165) is 19.3 Å². The van der Waals surface area contributed by atoms with Crippen LogP contribution in [0, 0.1) is 11.8 Å². The minimum Gasteiger partial charge on any atom is -0.368 e. The maximum Gasteiger partial charge on any atom is 0.237 e. The molecule has 3 nitrogen and oxygen atoms in total. The van der Waals surface area contributed by atoms with Crippen molar-refractivity contribution in [3.05, 3.63) is 0 Å². The Kier molecular flexibility index (Phi) is 2.42. The third kappa shape index (κ3) is 1.33. The largest absolute Gasteiger partial charge is 0.368 e. The predicted molar refractivity (Wildman–Crippen MR) is 48.3 cm³/mol. The van der Waals surface area contributed by atoms with Gasteiger partial charge in [-0.15, -0.1) is 0 Å². The van der Waals surface area contributed by atoms with Crippen LogP contribution in [0.1, 0.15) is 33.1 Å². The molecular weight excluding hydrogens is 152 g/mol. The predicted octanol–water partition coefficient (Wildman–Crippen LogP) is 0.625. The molecular formula is C9H18N2O. The number of hydrogen-bond donors (Lipinski definition) is 2. The van der Waals surface area contributed by atoms with E-state index < -0.39 is 5.54 Å². The molecule has 3 heteroatoms. The molecule has 0 spiro atoms. The first kappa shape index (κ1) is 9.52. The Morgan fingerprint density at radius 1 is 1.58 bits per heavy atom. The van der Waals surface area contributed by atoms with E-state index >= 15 is 0 Å². The molecule has 2 atom stereocenters. The van der Waals surface area contributed by atoms with E-state index in [-0.39, 0.29) is 11.8 Å². The van der Waals surface area contributed by atoms with Crippen molar-refractivity contribution >= 4 is 5.91 Å². The highest BCUT2D eigenvalue weighted by atomic mass is 16.1. The Bertz CT molecular complexity index is 191. The van der Waals surface area contributed by atoms with Crippen molar-refractivity contribution in [2.45, 2.75) is 38.6 Å². The number of primary amides is 1. The molecule has 1 fully saturated rings. The molecule has 4 N–H and O–H groups in total. The van der Waals surface area contributed by atoms with E-state index in [1.807, 2.05) is 0 Å². The van der Waals surface area contributed by atoms with Crippen LogP contribution in [0.5, 0.6) is 0 Å². The molecule has 0 unspecified atom stereocenters. The quantitative estimate of drug-likeness (QED) is 0.638. The summed E-state index contributed by atoms with van der Waals surface area (Å²) in [5.74, 6) is 0.388. The lowest BCUT2D eigenvalue weighted by Gasteiger charge is -2.30. The summed E-state index contributed by atoms with van der Waals surface area (Å²) in [4.78, 5) is 11.1. The summed E-state index contributed by atoms with van der Waals surface area (Å²) in [6.07, 6.45) is 2.82. The highest BCUT2D eigenvalue weighted by molar-refractivity contribution is 5.85. The van der Waals surface area contributed by atoms with Crippen molar-refractivity contribution in [3.63, 3.8) is 0 Å². The van der Waals surface area contributed by atoms with Gasteiger partial charge >= 0.3 is 0 Å². The van der Waals surface area contributed by atoms with Crippen molar-refractivity contribution in [2.24, 2.45) is 23.3 Å². The van der Waals surface area contributed by atoms with Gasteiger partial charge in [0.25, 0.3) is 0 Å². The number of rotatable bonds is 2. The number of hydrogen-bond acceptors (Lipinski definition) is 2. The van der Waals surface area contributed by atoms with Gasteiger partial charge in [-0.25, -0.2) is 0 Å². The van der Waals surface area contributed by atoms with Crippen molar-refractivity contribution < 1.29 is 4.79 Å². The fourth-order valence-electron chi connectivity index (χ4n) is 2.29. The number of carbonyl (C=O) groups is 1. The lowest BCUT2D eigenvalue weighted by atomic mass is 9.80. The first-order valence-electron chi connectivity index (χ1n) is 4.57. The van der Waals surface area contributed by atoms with Crippen LogP contribution in [0.4, 0.5) is 0 Å². The Balaban J connectivity index is 2.81. The SMILES string of the molecule is CC(C)[C@@H]1CCC[C@]1(N)C(N)=O. The number of nitrogens with two attached hydrogens (primary N) is 2. The molecule has 1 aliphatic rings. The van der Waals surface area contributed by atoms with Gasteiger partial charge in [0.2, 0.25) is 5.91 Å². The van der Waals surface area contributed by atoms with Crippen LogP contribution < -0.4 is 11.5 Å². The number of amides is 1. The van der Waals surface area contributed by atoms with Crippen molar-refractivity contribution in [3.8, 4) is 0 Å². The van der Waals surface area contributed by atoms with Gasteiger partial charge in [0.1, 0.15) is 0 Å². The van der Waals surface area contributed by atoms with Gasteiger partial charge in [0.05, 0.1) is 5.54 Å². The van der Waals surface area contributed by atoms with Crippen LogP contribution in [-0.4, -0.2) is 11.4 Å². The molecule has 0 radical (unpaired) electrons. The van der Waals surface area contributed by atoms with E-state index in [4.69, 9.17) is 11.5 Å². The Morgan fingerprint density at radius 2 is 2.17 bits per heavy atom. The third-order valence-corrected chi connectivity index (χ3v) is 3.03. The molecule has 1 aliphatic carbocycles. The van der Waals surface area contributed by atoms with Crippen molar-refractivity contribution in [1.82, 2.24) is 0 Å². The summed E-state index contributed by atoms with van der Waals surface area (Å²) >= 11 is 0. The lowest BCUT2D eigenvalue weighted by molar-refractivity contribution is -0.124. The number of carbonyl (C=O) groups excluding carboxylic acids is 1. The normalized spacial score (nSPS) is 35.8. The summed E-state index contributed by atoms with van der Waals surface area (Å²) < 4.78 is 0. The summed E-state index contributed by atoms with van der Waals surface area (Å²) in [5.41, 5.74) is 10.5. The minimum absolute atomic E-state index is 0.273. The maximum absolute atomic E-state index is 11.1. The van der Waals surface area contributed by atoms with Crippen LogP contribution in [0.2, 0.25) is 0 Å². The van der Waals surface area contributed by atoms with Crippen LogP contribution >= 0.6 is 0 Å². The Morgan fingerprint density at radius 3 is 2.50 bits per heavy atom. The first-order valence-corrected chi connectivity index (χ1v) is 4.57. The summed E-state index contributed by atoms with van der Waals surface area (Å²) in [6.45, 7) is 4.20. The first-order chi connectivity index (χ1) is 5.48. The highest BCUT2D eigenvalue weighted by Gasteiger charge is 2.45. The molecule has 1 amide bonds. The molecule has 70 valence electrons. The average molecular weight is 170 g/mol. The summed E-state index contributed by atoms with van der Waals surface area (Å²) in [7, 11) is 0. The molecule has 1 rings (SSSR count). The van der Waals surface area contributed by atoms with Crippen LogP contribution in [0.3, 0.4) is 0 Å². The topological polar surface area (TPSA) is 69.1 Å². The zero-order chi connectivity index (χ0) is 9.35. The van der Waals surface area contributed by atoms with Crippen molar-refractivity contribution in [1.29, 1.82) is 0 Å². The van der Waals surface area contributed by atoms with Gasteiger partial charge in [-0.3, -0.25) is 4.79 Å². The van der Waals surface area contributed by atoms with E-state index in [9.17, 15) is 4.79 Å². The Hall–Kier alpha value is -0.570.